The van der Waals surface area contributed by atoms with Crippen LogP contribution in [0.2, 0.25) is 0 Å². The zero-order chi connectivity index (χ0) is 13.7. The maximum Gasteiger partial charge on any atom is 0.401 e. The number of hydrogen-bond donors (Lipinski definition) is 3. The molecule has 0 saturated heterocycles. The molecule has 0 aromatic carbocycles. The first-order valence-electron chi connectivity index (χ1n) is 4.82. The first-order chi connectivity index (χ1) is 7.52. The van der Waals surface area contributed by atoms with Crippen LogP contribution in [0.1, 0.15) is 20.3 Å². The number of halogens is 3. The van der Waals surface area contributed by atoms with E-state index in [1.165, 1.54) is 13.8 Å². The van der Waals surface area contributed by atoms with Gasteiger partial charge in [0, 0.05) is 5.54 Å². The van der Waals surface area contributed by atoms with Crippen molar-refractivity contribution in [3.8, 4) is 0 Å². The summed E-state index contributed by atoms with van der Waals surface area (Å²) in [6.45, 7) is 1.17. The molecule has 0 aliphatic carbocycles. The Kier molecular flexibility index (Phi) is 5.40. The molecule has 0 saturated carbocycles. The third kappa shape index (κ3) is 9.61. The van der Waals surface area contributed by atoms with Gasteiger partial charge in [-0.15, -0.1) is 0 Å². The van der Waals surface area contributed by atoms with Crippen LogP contribution in [0.4, 0.5) is 13.2 Å². The van der Waals surface area contributed by atoms with E-state index in [0.717, 1.165) is 0 Å². The van der Waals surface area contributed by atoms with Crippen molar-refractivity contribution in [1.82, 2.24) is 10.6 Å². The highest BCUT2D eigenvalue weighted by Gasteiger charge is 2.27. The van der Waals surface area contributed by atoms with Gasteiger partial charge in [0.2, 0.25) is 5.91 Å². The van der Waals surface area contributed by atoms with E-state index in [1.807, 2.05) is 5.32 Å². The minimum atomic E-state index is -4.38. The van der Waals surface area contributed by atoms with Crippen molar-refractivity contribution >= 4 is 11.9 Å². The standard InChI is InChI=1S/C9H15F3N2O3/c1-8(2,3-7(16)17)14-6(15)4-13-5-9(10,11)12/h13H,3-5H2,1-2H3,(H,14,15)(H,16,17). The molecule has 0 fully saturated rings. The van der Waals surface area contributed by atoms with Crippen LogP contribution in [-0.2, 0) is 9.59 Å². The van der Waals surface area contributed by atoms with E-state index in [-0.39, 0.29) is 6.42 Å². The number of carboxylic acid groups (broad SMARTS) is 1. The third-order valence-corrected chi connectivity index (χ3v) is 1.68. The Labute approximate surface area is 96.4 Å². The SMILES string of the molecule is CC(C)(CC(=O)O)NC(=O)CNCC(F)(F)F. The van der Waals surface area contributed by atoms with Crippen LogP contribution in [0, 0.1) is 0 Å². The normalized spacial score (nSPS) is 12.3. The number of carboxylic acids is 1. The number of alkyl halides is 3. The Morgan fingerprint density at radius 3 is 2.18 bits per heavy atom. The van der Waals surface area contributed by atoms with Crippen molar-refractivity contribution in [2.45, 2.75) is 32.0 Å². The highest BCUT2D eigenvalue weighted by molar-refractivity contribution is 5.79. The lowest BCUT2D eigenvalue weighted by Crippen LogP contribution is -2.48. The molecule has 17 heavy (non-hydrogen) atoms. The molecule has 0 spiro atoms. The summed E-state index contributed by atoms with van der Waals surface area (Å²) in [7, 11) is 0. The number of hydrogen-bond acceptors (Lipinski definition) is 3. The Bertz CT molecular complexity index is 290. The van der Waals surface area contributed by atoms with Gasteiger partial charge in [0.15, 0.2) is 0 Å². The second-order valence-electron chi connectivity index (χ2n) is 4.22. The highest BCUT2D eigenvalue weighted by atomic mass is 19.4. The lowest BCUT2D eigenvalue weighted by atomic mass is 10.0. The van der Waals surface area contributed by atoms with Crippen LogP contribution in [0.3, 0.4) is 0 Å². The van der Waals surface area contributed by atoms with Gasteiger partial charge in [0.25, 0.3) is 0 Å². The van der Waals surface area contributed by atoms with E-state index in [0.29, 0.717) is 0 Å². The molecule has 0 aromatic heterocycles. The molecule has 0 aromatic rings. The minimum Gasteiger partial charge on any atom is -0.481 e. The van der Waals surface area contributed by atoms with Crippen LogP contribution in [-0.4, -0.2) is 41.8 Å². The molecular formula is C9H15F3N2O3. The zero-order valence-electron chi connectivity index (χ0n) is 9.52. The van der Waals surface area contributed by atoms with Crippen LogP contribution in [0.15, 0.2) is 0 Å². The first-order valence-corrected chi connectivity index (χ1v) is 4.82. The van der Waals surface area contributed by atoms with Crippen molar-refractivity contribution in [3.05, 3.63) is 0 Å². The van der Waals surface area contributed by atoms with Crippen molar-refractivity contribution < 1.29 is 27.9 Å². The second kappa shape index (κ2) is 5.85. The molecule has 5 nitrogen and oxygen atoms in total. The molecule has 1 amide bonds. The summed E-state index contributed by atoms with van der Waals surface area (Å²) in [6, 6.07) is 0. The maximum atomic E-state index is 11.7. The largest absolute Gasteiger partial charge is 0.481 e. The Morgan fingerprint density at radius 2 is 1.76 bits per heavy atom. The number of carbonyl (C=O) groups excluding carboxylic acids is 1. The molecule has 100 valence electrons. The van der Waals surface area contributed by atoms with Gasteiger partial charge in [0.1, 0.15) is 0 Å². The number of amides is 1. The van der Waals surface area contributed by atoms with Crippen molar-refractivity contribution in [3.63, 3.8) is 0 Å². The predicted molar refractivity (Wildman–Crippen MR) is 53.4 cm³/mol. The van der Waals surface area contributed by atoms with E-state index >= 15 is 0 Å². The average molecular weight is 256 g/mol. The molecule has 0 heterocycles. The van der Waals surface area contributed by atoms with Gasteiger partial charge in [0.05, 0.1) is 19.5 Å². The molecule has 0 unspecified atom stereocenters. The smallest absolute Gasteiger partial charge is 0.401 e. The topological polar surface area (TPSA) is 78.4 Å². The number of aliphatic carboxylic acids is 1. The fourth-order valence-electron chi connectivity index (χ4n) is 1.16. The van der Waals surface area contributed by atoms with Crippen molar-refractivity contribution in [2.24, 2.45) is 0 Å². The Hall–Kier alpha value is -1.31. The van der Waals surface area contributed by atoms with E-state index in [1.54, 1.807) is 0 Å². The third-order valence-electron chi connectivity index (χ3n) is 1.68. The first kappa shape index (κ1) is 15.7. The fraction of sp³-hybridized carbons (Fsp3) is 0.778. The summed E-state index contributed by atoms with van der Waals surface area (Å²) in [5, 5.41) is 12.8. The average Bonchev–Trinajstić information content (AvgIpc) is 1.95. The van der Waals surface area contributed by atoms with Gasteiger partial charge < -0.3 is 15.7 Å². The summed E-state index contributed by atoms with van der Waals surface area (Å²) >= 11 is 0. The van der Waals surface area contributed by atoms with Crippen LogP contribution >= 0.6 is 0 Å². The van der Waals surface area contributed by atoms with E-state index in [4.69, 9.17) is 5.11 Å². The van der Waals surface area contributed by atoms with Crippen LogP contribution < -0.4 is 10.6 Å². The van der Waals surface area contributed by atoms with Crippen molar-refractivity contribution in [1.29, 1.82) is 0 Å². The second-order valence-corrected chi connectivity index (χ2v) is 4.22. The monoisotopic (exact) mass is 256 g/mol. The van der Waals surface area contributed by atoms with Gasteiger partial charge >= 0.3 is 12.1 Å². The van der Waals surface area contributed by atoms with Crippen LogP contribution in [0.25, 0.3) is 0 Å². The Morgan fingerprint density at radius 1 is 1.24 bits per heavy atom. The van der Waals surface area contributed by atoms with E-state index in [2.05, 4.69) is 5.32 Å². The summed E-state index contributed by atoms with van der Waals surface area (Å²) in [6.07, 6.45) is -4.69. The van der Waals surface area contributed by atoms with E-state index in [9.17, 15) is 22.8 Å². The minimum absolute atomic E-state index is 0.308. The quantitative estimate of drug-likeness (QED) is 0.647. The lowest BCUT2D eigenvalue weighted by molar-refractivity contribution is -0.138. The molecule has 0 aliphatic rings. The van der Waals surface area contributed by atoms with E-state index < -0.39 is 36.7 Å². The highest BCUT2D eigenvalue weighted by Crippen LogP contribution is 2.12. The molecule has 0 bridgehead atoms. The number of nitrogens with one attached hydrogen (secondary N) is 2. The number of carbonyl (C=O) groups is 2. The van der Waals surface area contributed by atoms with Gasteiger partial charge in [-0.25, -0.2) is 0 Å². The zero-order valence-corrected chi connectivity index (χ0v) is 9.52. The number of rotatable bonds is 6. The van der Waals surface area contributed by atoms with Crippen LogP contribution in [0.5, 0.6) is 0 Å². The summed E-state index contributed by atoms with van der Waals surface area (Å²) in [4.78, 5) is 21.6. The van der Waals surface area contributed by atoms with Gasteiger partial charge in [-0.3, -0.25) is 9.59 Å². The predicted octanol–water partition coefficient (Wildman–Crippen LogP) is 0.508. The fourth-order valence-corrected chi connectivity index (χ4v) is 1.16. The molecule has 0 aliphatic heterocycles. The van der Waals surface area contributed by atoms with Crippen molar-refractivity contribution in [2.75, 3.05) is 13.1 Å². The summed E-state index contributed by atoms with van der Waals surface area (Å²) in [5.74, 6) is -1.78. The molecular weight excluding hydrogens is 241 g/mol. The van der Waals surface area contributed by atoms with Gasteiger partial charge in [-0.1, -0.05) is 0 Å². The van der Waals surface area contributed by atoms with Gasteiger partial charge in [-0.2, -0.15) is 13.2 Å². The molecule has 0 rings (SSSR count). The van der Waals surface area contributed by atoms with Gasteiger partial charge in [-0.05, 0) is 13.8 Å². The maximum absolute atomic E-state index is 11.7. The molecule has 8 heteroatoms. The molecule has 0 radical (unpaired) electrons. The summed E-state index contributed by atoms with van der Waals surface area (Å²) in [5.41, 5.74) is -0.997. The molecule has 0 atom stereocenters. The summed E-state index contributed by atoms with van der Waals surface area (Å²) < 4.78 is 35.2. The lowest BCUT2D eigenvalue weighted by Gasteiger charge is -2.24. The molecule has 3 N–H and O–H groups in total. The Balaban J connectivity index is 3.97.